The summed E-state index contributed by atoms with van der Waals surface area (Å²) in [4.78, 5) is 2.04. The molecule has 0 aromatic heterocycles. The zero-order chi connectivity index (χ0) is 14.8. The Kier molecular flexibility index (Phi) is 5.01. The van der Waals surface area contributed by atoms with Gasteiger partial charge in [-0.1, -0.05) is 17.7 Å². The van der Waals surface area contributed by atoms with E-state index in [9.17, 15) is 12.8 Å². The molecule has 1 saturated heterocycles. The molecule has 0 saturated carbocycles. The Morgan fingerprint density at radius 3 is 2.65 bits per heavy atom. The van der Waals surface area contributed by atoms with Crippen LogP contribution in [-0.4, -0.2) is 50.1 Å². The monoisotopic (exact) mass is 320 g/mol. The smallest absolute Gasteiger partial charge is 0.211 e. The Morgan fingerprint density at radius 1 is 1.25 bits per heavy atom. The van der Waals surface area contributed by atoms with E-state index in [4.69, 9.17) is 11.6 Å². The molecule has 0 radical (unpaired) electrons. The average Bonchev–Trinajstić information content (AvgIpc) is 2.59. The van der Waals surface area contributed by atoms with Gasteiger partial charge in [0.05, 0.1) is 6.26 Å². The maximum absolute atomic E-state index is 13.8. The van der Waals surface area contributed by atoms with E-state index in [-0.39, 0.29) is 5.82 Å². The molecule has 1 aromatic carbocycles. The van der Waals surface area contributed by atoms with Crippen LogP contribution < -0.4 is 0 Å². The van der Waals surface area contributed by atoms with Gasteiger partial charge in [-0.25, -0.2) is 17.1 Å². The van der Waals surface area contributed by atoms with Crippen molar-refractivity contribution in [2.75, 3.05) is 32.4 Å². The second kappa shape index (κ2) is 6.39. The number of benzene rings is 1. The van der Waals surface area contributed by atoms with Gasteiger partial charge in [0.2, 0.25) is 10.0 Å². The predicted molar refractivity (Wildman–Crippen MR) is 77.7 cm³/mol. The molecule has 1 aromatic rings. The summed E-state index contributed by atoms with van der Waals surface area (Å²) in [5.41, 5.74) is 0.474. The highest BCUT2D eigenvalue weighted by Gasteiger charge is 2.22. The maximum atomic E-state index is 13.8. The molecular weight excluding hydrogens is 303 g/mol. The van der Waals surface area contributed by atoms with Crippen molar-refractivity contribution in [1.29, 1.82) is 0 Å². The van der Waals surface area contributed by atoms with Gasteiger partial charge in [0, 0.05) is 36.8 Å². The Bertz CT molecular complexity index is 559. The average molecular weight is 321 g/mol. The van der Waals surface area contributed by atoms with E-state index in [0.29, 0.717) is 36.8 Å². The fourth-order valence-corrected chi connectivity index (χ4v) is 3.44. The van der Waals surface area contributed by atoms with E-state index in [1.54, 1.807) is 12.1 Å². The highest BCUT2D eigenvalue weighted by molar-refractivity contribution is 7.88. The van der Waals surface area contributed by atoms with E-state index in [2.05, 4.69) is 0 Å². The third kappa shape index (κ3) is 3.91. The summed E-state index contributed by atoms with van der Waals surface area (Å²) in [5, 5.41) is 0.411. The quantitative estimate of drug-likeness (QED) is 0.854. The van der Waals surface area contributed by atoms with Crippen molar-refractivity contribution in [3.8, 4) is 0 Å². The van der Waals surface area contributed by atoms with Gasteiger partial charge in [-0.3, -0.25) is 4.90 Å². The lowest BCUT2D eigenvalue weighted by Gasteiger charge is -2.21. The fourth-order valence-electron chi connectivity index (χ4n) is 2.34. The minimum absolute atomic E-state index is 0.318. The molecule has 2 rings (SSSR count). The standard InChI is InChI=1S/C13H18ClFN2O2S/c1-20(18,19)17-7-3-6-16(8-9-17)10-11-12(14)4-2-5-13(11)15/h2,4-5H,3,6-10H2,1H3. The number of sulfonamides is 1. The topological polar surface area (TPSA) is 40.6 Å². The van der Waals surface area contributed by atoms with Crippen LogP contribution in [-0.2, 0) is 16.6 Å². The lowest BCUT2D eigenvalue weighted by Crippen LogP contribution is -2.34. The molecular formula is C13H18ClFN2O2S. The van der Waals surface area contributed by atoms with Crippen molar-refractivity contribution in [3.63, 3.8) is 0 Å². The van der Waals surface area contributed by atoms with Crippen molar-refractivity contribution in [2.45, 2.75) is 13.0 Å². The van der Waals surface area contributed by atoms with Gasteiger partial charge in [-0.15, -0.1) is 0 Å². The number of halogens is 2. The summed E-state index contributed by atoms with van der Waals surface area (Å²) in [6, 6.07) is 4.64. The first kappa shape index (κ1) is 15.7. The van der Waals surface area contributed by atoms with E-state index in [1.807, 2.05) is 4.90 Å². The van der Waals surface area contributed by atoms with Crippen LogP contribution in [0.15, 0.2) is 18.2 Å². The largest absolute Gasteiger partial charge is 0.298 e. The third-order valence-electron chi connectivity index (χ3n) is 3.46. The molecule has 112 valence electrons. The molecule has 1 aliphatic heterocycles. The molecule has 1 fully saturated rings. The van der Waals surface area contributed by atoms with Crippen LogP contribution in [0.4, 0.5) is 4.39 Å². The Morgan fingerprint density at radius 2 is 2.00 bits per heavy atom. The summed E-state index contributed by atoms with van der Waals surface area (Å²) in [7, 11) is -3.16. The number of nitrogens with zero attached hydrogens (tertiary/aromatic N) is 2. The second-order valence-corrected chi connectivity index (χ2v) is 7.38. The normalized spacial score (nSPS) is 18.9. The van der Waals surface area contributed by atoms with Gasteiger partial charge in [0.15, 0.2) is 0 Å². The highest BCUT2D eigenvalue weighted by atomic mass is 35.5. The van der Waals surface area contributed by atoms with Crippen molar-refractivity contribution in [1.82, 2.24) is 9.21 Å². The van der Waals surface area contributed by atoms with Gasteiger partial charge >= 0.3 is 0 Å². The van der Waals surface area contributed by atoms with Gasteiger partial charge in [0.25, 0.3) is 0 Å². The molecule has 7 heteroatoms. The Hall–Kier alpha value is -0.690. The minimum Gasteiger partial charge on any atom is -0.298 e. The summed E-state index contributed by atoms with van der Waals surface area (Å²) in [6.07, 6.45) is 1.95. The van der Waals surface area contributed by atoms with Crippen LogP contribution in [0.2, 0.25) is 5.02 Å². The summed E-state index contributed by atoms with van der Waals surface area (Å²) >= 11 is 6.02. The number of hydrogen-bond acceptors (Lipinski definition) is 3. The maximum Gasteiger partial charge on any atom is 0.211 e. The SMILES string of the molecule is CS(=O)(=O)N1CCCN(Cc2c(F)cccc2Cl)CC1. The van der Waals surface area contributed by atoms with Gasteiger partial charge < -0.3 is 0 Å². The van der Waals surface area contributed by atoms with Crippen molar-refractivity contribution >= 4 is 21.6 Å². The zero-order valence-electron chi connectivity index (χ0n) is 11.3. The molecule has 20 heavy (non-hydrogen) atoms. The lowest BCUT2D eigenvalue weighted by atomic mass is 10.2. The summed E-state index contributed by atoms with van der Waals surface area (Å²) < 4.78 is 38.3. The van der Waals surface area contributed by atoms with Crippen LogP contribution in [0.5, 0.6) is 0 Å². The lowest BCUT2D eigenvalue weighted by molar-refractivity contribution is 0.275. The summed E-state index contributed by atoms with van der Waals surface area (Å²) in [6.45, 7) is 2.67. The minimum atomic E-state index is -3.16. The molecule has 0 atom stereocenters. The second-order valence-electron chi connectivity index (χ2n) is 4.99. The molecule has 0 spiro atoms. The Balaban J connectivity index is 2.05. The first-order valence-corrected chi connectivity index (χ1v) is 8.71. The van der Waals surface area contributed by atoms with Gasteiger partial charge in [-0.2, -0.15) is 0 Å². The molecule has 1 heterocycles. The molecule has 0 amide bonds. The van der Waals surface area contributed by atoms with E-state index >= 15 is 0 Å². The molecule has 0 bridgehead atoms. The molecule has 0 aliphatic carbocycles. The van der Waals surface area contributed by atoms with E-state index in [0.717, 1.165) is 13.0 Å². The van der Waals surface area contributed by atoms with Crippen LogP contribution >= 0.6 is 11.6 Å². The fraction of sp³-hybridized carbons (Fsp3) is 0.538. The molecule has 1 aliphatic rings. The van der Waals surface area contributed by atoms with Crippen LogP contribution in [0.1, 0.15) is 12.0 Å². The van der Waals surface area contributed by atoms with Crippen LogP contribution in [0, 0.1) is 5.82 Å². The van der Waals surface area contributed by atoms with Gasteiger partial charge in [0.1, 0.15) is 5.82 Å². The zero-order valence-corrected chi connectivity index (χ0v) is 12.9. The number of hydrogen-bond donors (Lipinski definition) is 0. The third-order valence-corrected chi connectivity index (χ3v) is 5.12. The van der Waals surface area contributed by atoms with Crippen LogP contribution in [0.3, 0.4) is 0 Å². The first-order chi connectivity index (χ1) is 9.38. The van der Waals surface area contributed by atoms with Gasteiger partial charge in [-0.05, 0) is 25.1 Å². The first-order valence-electron chi connectivity index (χ1n) is 6.48. The molecule has 0 N–H and O–H groups in total. The van der Waals surface area contributed by atoms with Crippen molar-refractivity contribution in [3.05, 3.63) is 34.6 Å². The highest BCUT2D eigenvalue weighted by Crippen LogP contribution is 2.21. The molecule has 4 nitrogen and oxygen atoms in total. The number of rotatable bonds is 3. The van der Waals surface area contributed by atoms with Crippen LogP contribution in [0.25, 0.3) is 0 Å². The van der Waals surface area contributed by atoms with E-state index < -0.39 is 10.0 Å². The van der Waals surface area contributed by atoms with Crippen molar-refractivity contribution in [2.24, 2.45) is 0 Å². The predicted octanol–water partition coefficient (Wildman–Crippen LogP) is 1.95. The van der Waals surface area contributed by atoms with Crippen molar-refractivity contribution < 1.29 is 12.8 Å². The molecule has 0 unspecified atom stereocenters. The van der Waals surface area contributed by atoms with E-state index in [1.165, 1.54) is 16.6 Å². The Labute approximate surface area is 124 Å². The summed E-state index contributed by atoms with van der Waals surface area (Å²) in [5.74, 6) is -0.318.